The first-order valence-corrected chi connectivity index (χ1v) is 6.21. The van der Waals surface area contributed by atoms with Gasteiger partial charge < -0.3 is 10.1 Å². The minimum Gasteiger partial charge on any atom is -0.486 e. The van der Waals surface area contributed by atoms with Crippen molar-refractivity contribution in [1.82, 2.24) is 5.32 Å². The average Bonchev–Trinajstić information content (AvgIpc) is 2.31. The summed E-state index contributed by atoms with van der Waals surface area (Å²) < 4.78 is 5.86. The van der Waals surface area contributed by atoms with Crippen LogP contribution in [0.15, 0.2) is 30.9 Å². The minimum atomic E-state index is 0.0327. The Morgan fingerprint density at radius 2 is 2.12 bits per heavy atom. The highest BCUT2D eigenvalue weighted by Crippen LogP contribution is 2.27. The summed E-state index contributed by atoms with van der Waals surface area (Å²) in [6, 6.07) is 6.59. The van der Waals surface area contributed by atoms with Crippen molar-refractivity contribution in [2.24, 2.45) is 0 Å². The number of hydrogen-bond donors (Lipinski definition) is 1. The van der Waals surface area contributed by atoms with Crippen LogP contribution in [0.25, 0.3) is 0 Å². The van der Waals surface area contributed by atoms with Gasteiger partial charge in [-0.1, -0.05) is 37.3 Å². The molecule has 0 aliphatic heterocycles. The molecule has 2 nitrogen and oxygen atoms in total. The molecule has 0 saturated heterocycles. The lowest BCUT2D eigenvalue weighted by molar-refractivity contribution is 0.265. The third-order valence-corrected chi connectivity index (χ3v) is 2.79. The standard InChI is InChI=1S/C15H23NO/c1-6-12(4)17-15-9-8-11(3)10-14(15)13(5)16-7-2/h6,8-10,12-13,16H,1,7H2,2-5H3. The predicted molar refractivity (Wildman–Crippen MR) is 73.6 cm³/mol. The van der Waals surface area contributed by atoms with Crippen LogP contribution in [-0.2, 0) is 0 Å². The third-order valence-electron chi connectivity index (χ3n) is 2.79. The van der Waals surface area contributed by atoms with Crippen LogP contribution in [0.5, 0.6) is 5.75 Å². The Morgan fingerprint density at radius 1 is 1.41 bits per heavy atom. The van der Waals surface area contributed by atoms with Gasteiger partial charge in [0.1, 0.15) is 11.9 Å². The molecule has 0 fully saturated rings. The van der Waals surface area contributed by atoms with Gasteiger partial charge in [0.2, 0.25) is 0 Å². The third kappa shape index (κ3) is 3.90. The van der Waals surface area contributed by atoms with E-state index < -0.39 is 0 Å². The van der Waals surface area contributed by atoms with E-state index in [2.05, 4.69) is 44.8 Å². The van der Waals surface area contributed by atoms with E-state index >= 15 is 0 Å². The molecule has 2 heteroatoms. The van der Waals surface area contributed by atoms with Crippen molar-refractivity contribution in [2.75, 3.05) is 6.54 Å². The SMILES string of the molecule is C=CC(C)Oc1ccc(C)cc1C(C)NCC. The van der Waals surface area contributed by atoms with Crippen molar-refractivity contribution in [2.45, 2.75) is 39.8 Å². The molecule has 1 aromatic rings. The number of hydrogen-bond acceptors (Lipinski definition) is 2. The highest BCUT2D eigenvalue weighted by molar-refractivity contribution is 5.39. The van der Waals surface area contributed by atoms with Crippen molar-refractivity contribution in [1.29, 1.82) is 0 Å². The van der Waals surface area contributed by atoms with Crippen LogP contribution in [0.4, 0.5) is 0 Å². The molecule has 0 aromatic heterocycles. The Balaban J connectivity index is 2.98. The van der Waals surface area contributed by atoms with E-state index in [0.717, 1.165) is 12.3 Å². The summed E-state index contributed by atoms with van der Waals surface area (Å²) in [6.45, 7) is 13.1. The average molecular weight is 233 g/mol. The molecule has 1 aromatic carbocycles. The van der Waals surface area contributed by atoms with Crippen LogP contribution in [-0.4, -0.2) is 12.6 Å². The molecule has 0 heterocycles. The molecule has 2 unspecified atom stereocenters. The fraction of sp³-hybridized carbons (Fsp3) is 0.467. The summed E-state index contributed by atoms with van der Waals surface area (Å²) in [5.74, 6) is 0.941. The van der Waals surface area contributed by atoms with Gasteiger partial charge in [0.25, 0.3) is 0 Å². The van der Waals surface area contributed by atoms with Crippen molar-refractivity contribution >= 4 is 0 Å². The molecule has 17 heavy (non-hydrogen) atoms. The molecular formula is C15H23NO. The summed E-state index contributed by atoms with van der Waals surface area (Å²) in [4.78, 5) is 0. The van der Waals surface area contributed by atoms with Gasteiger partial charge in [-0.05, 0) is 33.4 Å². The second-order valence-corrected chi connectivity index (χ2v) is 4.38. The number of ether oxygens (including phenoxy) is 1. The number of benzene rings is 1. The van der Waals surface area contributed by atoms with Crippen LogP contribution in [0.3, 0.4) is 0 Å². The van der Waals surface area contributed by atoms with Gasteiger partial charge in [0.05, 0.1) is 0 Å². The Morgan fingerprint density at radius 3 is 2.71 bits per heavy atom. The number of aryl methyl sites for hydroxylation is 1. The van der Waals surface area contributed by atoms with Gasteiger partial charge in [0, 0.05) is 11.6 Å². The molecule has 0 saturated carbocycles. The van der Waals surface area contributed by atoms with E-state index in [1.54, 1.807) is 0 Å². The van der Waals surface area contributed by atoms with E-state index in [1.807, 2.05) is 19.1 Å². The highest BCUT2D eigenvalue weighted by Gasteiger charge is 2.12. The lowest BCUT2D eigenvalue weighted by Gasteiger charge is -2.20. The first-order valence-electron chi connectivity index (χ1n) is 6.21. The summed E-state index contributed by atoms with van der Waals surface area (Å²) in [6.07, 6.45) is 1.84. The lowest BCUT2D eigenvalue weighted by atomic mass is 10.0. The van der Waals surface area contributed by atoms with Crippen LogP contribution in [0, 0.1) is 6.92 Å². The van der Waals surface area contributed by atoms with Crippen LogP contribution in [0.2, 0.25) is 0 Å². The predicted octanol–water partition coefficient (Wildman–Crippen LogP) is 3.62. The number of rotatable bonds is 6. The van der Waals surface area contributed by atoms with E-state index in [4.69, 9.17) is 4.74 Å². The quantitative estimate of drug-likeness (QED) is 0.758. The van der Waals surface area contributed by atoms with E-state index in [-0.39, 0.29) is 6.10 Å². The Bertz CT molecular complexity index is 373. The fourth-order valence-corrected chi connectivity index (χ4v) is 1.78. The Kier molecular flexibility index (Phi) is 5.23. The Labute approximate surface area is 105 Å². The molecular weight excluding hydrogens is 210 g/mol. The van der Waals surface area contributed by atoms with Crippen LogP contribution < -0.4 is 10.1 Å². The van der Waals surface area contributed by atoms with Crippen molar-refractivity contribution in [3.05, 3.63) is 42.0 Å². The maximum absolute atomic E-state index is 5.86. The van der Waals surface area contributed by atoms with Gasteiger partial charge in [-0.15, -0.1) is 0 Å². The minimum absolute atomic E-state index is 0.0327. The second-order valence-electron chi connectivity index (χ2n) is 4.38. The smallest absolute Gasteiger partial charge is 0.124 e. The van der Waals surface area contributed by atoms with Gasteiger partial charge in [-0.3, -0.25) is 0 Å². The number of nitrogens with one attached hydrogen (secondary N) is 1. The summed E-state index contributed by atoms with van der Waals surface area (Å²) in [7, 11) is 0. The second kappa shape index (κ2) is 6.45. The van der Waals surface area contributed by atoms with E-state index in [9.17, 15) is 0 Å². The van der Waals surface area contributed by atoms with Crippen LogP contribution >= 0.6 is 0 Å². The van der Waals surface area contributed by atoms with Gasteiger partial charge in [-0.25, -0.2) is 0 Å². The molecule has 1 rings (SSSR count). The Hall–Kier alpha value is -1.28. The van der Waals surface area contributed by atoms with Crippen molar-refractivity contribution in [3.63, 3.8) is 0 Å². The zero-order valence-corrected chi connectivity index (χ0v) is 11.3. The summed E-state index contributed by atoms with van der Waals surface area (Å²) >= 11 is 0. The zero-order chi connectivity index (χ0) is 12.8. The van der Waals surface area contributed by atoms with Crippen molar-refractivity contribution < 1.29 is 4.74 Å². The molecule has 0 radical (unpaired) electrons. The largest absolute Gasteiger partial charge is 0.486 e. The first kappa shape index (κ1) is 13.8. The zero-order valence-electron chi connectivity index (χ0n) is 11.3. The molecule has 0 spiro atoms. The topological polar surface area (TPSA) is 21.3 Å². The molecule has 2 atom stereocenters. The monoisotopic (exact) mass is 233 g/mol. The molecule has 1 N–H and O–H groups in total. The van der Waals surface area contributed by atoms with E-state index in [0.29, 0.717) is 6.04 Å². The maximum atomic E-state index is 5.86. The lowest BCUT2D eigenvalue weighted by Crippen LogP contribution is -2.19. The molecule has 0 aliphatic carbocycles. The molecule has 0 bridgehead atoms. The van der Waals surface area contributed by atoms with E-state index in [1.165, 1.54) is 11.1 Å². The normalized spacial score (nSPS) is 14.1. The van der Waals surface area contributed by atoms with Crippen LogP contribution in [0.1, 0.15) is 37.9 Å². The molecule has 0 amide bonds. The molecule has 94 valence electrons. The first-order chi connectivity index (χ1) is 8.08. The maximum Gasteiger partial charge on any atom is 0.124 e. The fourth-order valence-electron chi connectivity index (χ4n) is 1.78. The highest BCUT2D eigenvalue weighted by atomic mass is 16.5. The molecule has 0 aliphatic rings. The van der Waals surface area contributed by atoms with Gasteiger partial charge in [0.15, 0.2) is 0 Å². The van der Waals surface area contributed by atoms with Gasteiger partial charge >= 0.3 is 0 Å². The summed E-state index contributed by atoms with van der Waals surface area (Å²) in [5, 5.41) is 3.41. The summed E-state index contributed by atoms with van der Waals surface area (Å²) in [5.41, 5.74) is 2.46. The van der Waals surface area contributed by atoms with Gasteiger partial charge in [-0.2, -0.15) is 0 Å². The van der Waals surface area contributed by atoms with Crippen molar-refractivity contribution in [3.8, 4) is 5.75 Å².